The van der Waals surface area contributed by atoms with E-state index >= 15 is 0 Å². The lowest BCUT2D eigenvalue weighted by Gasteiger charge is -2.15. The van der Waals surface area contributed by atoms with Crippen LogP contribution < -0.4 is 5.32 Å². The maximum atomic E-state index is 12.5. The van der Waals surface area contributed by atoms with Gasteiger partial charge in [0.25, 0.3) is 5.78 Å². The van der Waals surface area contributed by atoms with Crippen molar-refractivity contribution in [3.63, 3.8) is 0 Å². The molecule has 1 atom stereocenters. The van der Waals surface area contributed by atoms with E-state index in [1.165, 1.54) is 23.1 Å². The summed E-state index contributed by atoms with van der Waals surface area (Å²) in [6.45, 7) is 6.24. The van der Waals surface area contributed by atoms with Crippen LogP contribution in [0.5, 0.6) is 0 Å². The van der Waals surface area contributed by atoms with Gasteiger partial charge >= 0.3 is 0 Å². The smallest absolute Gasteiger partial charge is 0.253 e. The molecule has 3 heterocycles. The van der Waals surface area contributed by atoms with E-state index in [1.807, 2.05) is 20.1 Å². The molecule has 28 heavy (non-hydrogen) atoms. The zero-order valence-corrected chi connectivity index (χ0v) is 18.2. The van der Waals surface area contributed by atoms with Crippen LogP contribution in [0.1, 0.15) is 47.3 Å². The van der Waals surface area contributed by atoms with E-state index in [4.69, 9.17) is 0 Å². The van der Waals surface area contributed by atoms with Gasteiger partial charge in [-0.25, -0.2) is 14.5 Å². The van der Waals surface area contributed by atoms with Crippen molar-refractivity contribution in [2.75, 3.05) is 11.6 Å². The Morgan fingerprint density at radius 3 is 2.93 bits per heavy atom. The van der Waals surface area contributed by atoms with Gasteiger partial charge in [0.2, 0.25) is 11.1 Å². The van der Waals surface area contributed by atoms with Crippen molar-refractivity contribution in [1.82, 2.24) is 24.6 Å². The van der Waals surface area contributed by atoms with Crippen LogP contribution >= 0.6 is 23.1 Å². The van der Waals surface area contributed by atoms with Gasteiger partial charge in [-0.15, -0.1) is 16.4 Å². The van der Waals surface area contributed by atoms with Gasteiger partial charge in [0.15, 0.2) is 5.13 Å². The molecular formula is C19H24N6OS2. The summed E-state index contributed by atoms with van der Waals surface area (Å²) in [6.07, 6.45) is 6.21. The van der Waals surface area contributed by atoms with Crippen molar-refractivity contribution < 1.29 is 4.79 Å². The van der Waals surface area contributed by atoms with Crippen LogP contribution in [0.25, 0.3) is 5.78 Å². The Morgan fingerprint density at radius 1 is 1.32 bits per heavy atom. The molecule has 1 amide bonds. The number of carbonyl (C=O) groups excluding carboxylic acids is 1. The minimum absolute atomic E-state index is 0.0126. The molecule has 4 rings (SSSR count). The highest BCUT2D eigenvalue weighted by atomic mass is 32.2. The first-order valence-corrected chi connectivity index (χ1v) is 11.5. The molecule has 0 bridgehead atoms. The van der Waals surface area contributed by atoms with E-state index in [0.29, 0.717) is 29.7 Å². The standard InChI is InChI=1S/C19H24N6OS2/c1-10-5-7-14-15(9-10)28-18(21-14)22-16(26)8-6-13-11(2)20-17-23-19(27-4)24-25(17)12(13)3/h10H,5-9H2,1-4H3,(H,21,22,26). The maximum Gasteiger partial charge on any atom is 0.253 e. The molecule has 0 saturated heterocycles. The molecule has 3 aromatic rings. The van der Waals surface area contributed by atoms with Gasteiger partial charge < -0.3 is 5.32 Å². The van der Waals surface area contributed by atoms with Crippen LogP contribution in [0.3, 0.4) is 0 Å². The fourth-order valence-corrected chi connectivity index (χ4v) is 5.18. The van der Waals surface area contributed by atoms with Crippen LogP contribution in [0.15, 0.2) is 5.16 Å². The number of fused-ring (bicyclic) bond motifs is 2. The number of thioether (sulfide) groups is 1. The molecule has 1 N–H and O–H groups in total. The molecule has 0 spiro atoms. The number of aromatic nitrogens is 5. The fourth-order valence-electron chi connectivity index (χ4n) is 3.65. The molecule has 7 nitrogen and oxygen atoms in total. The average molecular weight is 417 g/mol. The van der Waals surface area contributed by atoms with Gasteiger partial charge in [-0.2, -0.15) is 4.98 Å². The van der Waals surface area contributed by atoms with Crippen molar-refractivity contribution in [3.05, 3.63) is 27.5 Å². The fraction of sp³-hybridized carbons (Fsp3) is 0.526. The molecule has 1 unspecified atom stereocenters. The highest BCUT2D eigenvalue weighted by Crippen LogP contribution is 2.32. The summed E-state index contributed by atoms with van der Waals surface area (Å²) >= 11 is 3.12. The van der Waals surface area contributed by atoms with Crippen molar-refractivity contribution in [3.8, 4) is 0 Å². The number of hydrogen-bond acceptors (Lipinski definition) is 7. The first kappa shape index (κ1) is 19.3. The van der Waals surface area contributed by atoms with E-state index in [9.17, 15) is 4.79 Å². The van der Waals surface area contributed by atoms with Gasteiger partial charge in [-0.1, -0.05) is 18.7 Å². The van der Waals surface area contributed by atoms with Gasteiger partial charge in [0.05, 0.1) is 5.69 Å². The summed E-state index contributed by atoms with van der Waals surface area (Å²) < 4.78 is 1.77. The monoisotopic (exact) mass is 416 g/mol. The average Bonchev–Trinajstić information content (AvgIpc) is 3.24. The Bertz CT molecular complexity index is 1040. The first-order chi connectivity index (χ1) is 13.4. The lowest BCUT2D eigenvalue weighted by atomic mass is 9.93. The molecule has 0 radical (unpaired) electrons. The number of anilines is 1. The normalized spacial score (nSPS) is 16.4. The highest BCUT2D eigenvalue weighted by Gasteiger charge is 2.21. The van der Waals surface area contributed by atoms with Crippen LogP contribution in [-0.4, -0.2) is 36.7 Å². The van der Waals surface area contributed by atoms with E-state index in [-0.39, 0.29) is 5.91 Å². The number of amides is 1. The second-order valence-corrected chi connectivity index (χ2v) is 9.21. The Labute approximate surface area is 172 Å². The lowest BCUT2D eigenvalue weighted by molar-refractivity contribution is -0.116. The number of thiazole rings is 1. The quantitative estimate of drug-likeness (QED) is 0.640. The molecular weight excluding hydrogens is 392 g/mol. The third kappa shape index (κ3) is 3.77. The Kier molecular flexibility index (Phi) is 5.37. The first-order valence-electron chi connectivity index (χ1n) is 9.50. The van der Waals surface area contributed by atoms with Crippen molar-refractivity contribution in [2.45, 2.75) is 58.0 Å². The molecule has 3 aromatic heterocycles. The molecule has 9 heteroatoms. The third-order valence-electron chi connectivity index (χ3n) is 5.25. The lowest BCUT2D eigenvalue weighted by Crippen LogP contribution is -2.14. The van der Waals surface area contributed by atoms with Gasteiger partial charge in [-0.05, 0) is 57.3 Å². The number of aryl methyl sites for hydroxylation is 3. The highest BCUT2D eigenvalue weighted by molar-refractivity contribution is 7.98. The molecule has 0 aromatic carbocycles. The van der Waals surface area contributed by atoms with Crippen LogP contribution in [0, 0.1) is 19.8 Å². The summed E-state index contributed by atoms with van der Waals surface area (Å²) in [7, 11) is 0. The van der Waals surface area contributed by atoms with Gasteiger partial charge in [0.1, 0.15) is 0 Å². The third-order valence-corrected chi connectivity index (χ3v) is 6.82. The zero-order chi connectivity index (χ0) is 19.8. The number of nitrogens with zero attached hydrogens (tertiary/aromatic N) is 5. The minimum atomic E-state index is -0.0126. The van der Waals surface area contributed by atoms with Gasteiger partial charge in [0, 0.05) is 22.7 Å². The number of hydrogen-bond donors (Lipinski definition) is 1. The van der Waals surface area contributed by atoms with Crippen LogP contribution in [0.4, 0.5) is 5.13 Å². The number of nitrogens with one attached hydrogen (secondary N) is 1. The van der Waals surface area contributed by atoms with Crippen molar-refractivity contribution in [1.29, 1.82) is 0 Å². The van der Waals surface area contributed by atoms with E-state index in [2.05, 4.69) is 32.3 Å². The van der Waals surface area contributed by atoms with Crippen LogP contribution in [-0.2, 0) is 24.1 Å². The van der Waals surface area contributed by atoms with Crippen molar-refractivity contribution in [2.24, 2.45) is 5.92 Å². The summed E-state index contributed by atoms with van der Waals surface area (Å²) in [6, 6.07) is 0. The molecule has 0 aliphatic heterocycles. The predicted molar refractivity (Wildman–Crippen MR) is 112 cm³/mol. The van der Waals surface area contributed by atoms with Crippen LogP contribution in [0.2, 0.25) is 0 Å². The summed E-state index contributed by atoms with van der Waals surface area (Å²) in [5, 5.41) is 8.88. The molecule has 0 fully saturated rings. The second kappa shape index (κ2) is 7.79. The SMILES string of the molecule is CSc1nc2nc(C)c(CCC(=O)Nc3nc4c(s3)CC(C)CC4)c(C)n2n1. The molecule has 0 saturated carbocycles. The topological polar surface area (TPSA) is 85.1 Å². The Hall–Kier alpha value is -2.00. The van der Waals surface area contributed by atoms with E-state index in [1.54, 1.807) is 15.9 Å². The van der Waals surface area contributed by atoms with Gasteiger partial charge in [-0.3, -0.25) is 4.79 Å². The molecule has 1 aliphatic carbocycles. The Morgan fingerprint density at radius 2 is 2.14 bits per heavy atom. The molecule has 148 valence electrons. The summed E-state index contributed by atoms with van der Waals surface area (Å²) in [5.41, 5.74) is 4.10. The van der Waals surface area contributed by atoms with E-state index in [0.717, 1.165) is 40.6 Å². The predicted octanol–water partition coefficient (Wildman–Crippen LogP) is 3.62. The number of carbonyl (C=O) groups is 1. The second-order valence-electron chi connectivity index (χ2n) is 7.36. The summed E-state index contributed by atoms with van der Waals surface area (Å²) in [5.74, 6) is 1.30. The minimum Gasteiger partial charge on any atom is -0.302 e. The van der Waals surface area contributed by atoms with E-state index < -0.39 is 0 Å². The Balaban J connectivity index is 1.45. The maximum absolute atomic E-state index is 12.5. The van der Waals surface area contributed by atoms with Crippen molar-refractivity contribution >= 4 is 39.9 Å². The number of rotatable bonds is 5. The summed E-state index contributed by atoms with van der Waals surface area (Å²) in [4.78, 5) is 27.4. The zero-order valence-electron chi connectivity index (χ0n) is 16.6. The molecule has 1 aliphatic rings. The largest absolute Gasteiger partial charge is 0.302 e.